The van der Waals surface area contributed by atoms with Crippen molar-refractivity contribution in [3.05, 3.63) is 99.3 Å². The Kier molecular flexibility index (Phi) is 32.1. The number of nitrogens with one attached hydrogen (secondary N) is 8. The Morgan fingerprint density at radius 1 is 0.720 bits per heavy atom. The molecule has 3 aromatic carbocycles. The number of nitrogens with two attached hydrogens (primary N) is 1. The summed E-state index contributed by atoms with van der Waals surface area (Å²) in [5.74, 6) is -12.8. The summed E-state index contributed by atoms with van der Waals surface area (Å²) < 4.78 is 28.5. The molecule has 0 bridgehead atoms. The van der Waals surface area contributed by atoms with Crippen molar-refractivity contribution in [2.75, 3.05) is 44.4 Å². The monoisotopic (exact) mass is 1660 g/mol. The molecule has 107 heavy (non-hydrogen) atoms. The first-order valence-corrected chi connectivity index (χ1v) is 38.0. The molecular weight excluding hydrogens is 1560 g/mol. The van der Waals surface area contributed by atoms with Gasteiger partial charge in [-0.1, -0.05) is 76.2 Å². The van der Waals surface area contributed by atoms with E-state index in [2.05, 4.69) is 47.9 Å². The maximum absolute atomic E-state index is 15.4. The second kappa shape index (κ2) is 39.9. The minimum Gasteiger partial charge on any atom is -0.507 e. The topological polar surface area (TPSA) is 610 Å². The van der Waals surface area contributed by atoms with Crippen molar-refractivity contribution >= 4 is 102 Å². The number of aromatic nitrogens is 1. The number of phenols is 1. The quantitative estimate of drug-likeness (QED) is 0.0158. The van der Waals surface area contributed by atoms with Crippen molar-refractivity contribution in [3.63, 3.8) is 0 Å². The fourth-order valence-corrected chi connectivity index (χ4v) is 15.3. The van der Waals surface area contributed by atoms with Crippen molar-refractivity contribution in [3.8, 4) is 5.75 Å². The molecule has 4 aliphatic heterocycles. The number of carbonyl (C=O) groups excluding carboxylic acids is 7. The van der Waals surface area contributed by atoms with E-state index in [0.717, 1.165) is 35.4 Å². The number of phenolic OH excluding ortho intramolecular Hbond substituents is 1. The third-order valence-corrected chi connectivity index (χ3v) is 21.9. The minimum atomic E-state index is -2.79. The summed E-state index contributed by atoms with van der Waals surface area (Å²) in [6.07, 6.45) is -26.8. The van der Waals surface area contributed by atoms with E-state index in [1.165, 1.54) is 23.5 Å². The summed E-state index contributed by atoms with van der Waals surface area (Å²) in [6, 6.07) is 6.29. The number of halogens is 1. The van der Waals surface area contributed by atoms with E-state index in [1.54, 1.807) is 60.8 Å². The van der Waals surface area contributed by atoms with Crippen LogP contribution in [0.15, 0.2) is 79.0 Å². The van der Waals surface area contributed by atoms with Gasteiger partial charge in [-0.15, -0.1) is 0 Å². The standard InChI is InChI=1S/C67H93IN10O27S2/c1-29(81)47-63(97)76-42(62(96)78-48(30(2)82)64(98)99)27-107-106-26-41(61(95)73-39(20-32-15-16-43(83)35(68)18-32)59(93)74-40(21-33-22-70-36-13-7-6-12-34(33)36)60(94)72-37(57(91)77-47)14-8-9-17-69)75-58(92)38(19-31-10-4-3-5-11-31)71-28-67(100)56(90)54(44(84)25-101-67)104-66-53(89)51(87)55(46(24-80)103-66)105-65-52(88)50(86)49(85)45(23-79)102-65/h3-7,10-13,15-16,18,22,29-30,37-42,44-56,65-66,70-71,79-90,100H,8-9,14,17,19-21,23-28,69H2,1-2H3,(H,72,94)(H,73,95)(H,74,93)(H,75,92)(H,76,97)(H,77,91)(H,78,96)(H,98,99)/p+2/t29?,30?,37-,38?,39-,40+,41?,42-,44?,45?,46?,47-,48-,49+,50-,51+,52?,53?,54+,55+,56?,65-,66-,67?/m0/s1/i68-4. The highest BCUT2D eigenvalue weighted by Gasteiger charge is 2.56. The highest BCUT2D eigenvalue weighted by molar-refractivity contribution is 14.1. The summed E-state index contributed by atoms with van der Waals surface area (Å²) in [6.45, 7) is -0.792. The number of aromatic hydroxyl groups is 1. The third-order valence-electron chi connectivity index (χ3n) is 18.6. The van der Waals surface area contributed by atoms with Crippen LogP contribution in [0.3, 0.4) is 0 Å². The van der Waals surface area contributed by atoms with Crippen LogP contribution in [0.4, 0.5) is 0 Å². The maximum Gasteiger partial charge on any atom is 0.328 e. The number of unbranched alkanes of at least 4 members (excludes halogenated alkanes) is 1. The van der Waals surface area contributed by atoms with Gasteiger partial charge in [0.25, 0.3) is 5.91 Å². The molecule has 0 aliphatic carbocycles. The highest BCUT2D eigenvalue weighted by atomic mass is 123. The maximum atomic E-state index is 15.4. The first-order valence-electron chi connectivity index (χ1n) is 34.5. The fraction of sp³-hybridized carbons (Fsp3) is 0.582. The van der Waals surface area contributed by atoms with E-state index in [-0.39, 0.29) is 37.9 Å². The Labute approximate surface area is 633 Å². The van der Waals surface area contributed by atoms with E-state index in [9.17, 15) is 90.7 Å². The number of rotatable bonds is 26. The van der Waals surface area contributed by atoms with Crippen molar-refractivity contribution in [1.29, 1.82) is 0 Å². The van der Waals surface area contributed by atoms with E-state index in [4.69, 9.17) is 23.7 Å². The smallest absolute Gasteiger partial charge is 0.328 e. The molecule has 40 heteroatoms. The normalized spacial score (nSPS) is 32.2. The zero-order valence-electron chi connectivity index (χ0n) is 58.0. The van der Waals surface area contributed by atoms with Crippen LogP contribution in [0.1, 0.15) is 49.8 Å². The average molecular weight is 1660 g/mol. The number of para-hydroxylation sites is 1. The molecule has 592 valence electrons. The summed E-state index contributed by atoms with van der Waals surface area (Å²) in [5.41, 5.74) is 5.91. The molecule has 4 fully saturated rings. The van der Waals surface area contributed by atoms with Crippen molar-refractivity contribution in [2.45, 2.75) is 198 Å². The van der Waals surface area contributed by atoms with Gasteiger partial charge in [-0.05, 0) is 90.6 Å². The summed E-state index contributed by atoms with van der Waals surface area (Å²) in [5, 5.41) is 171. The van der Waals surface area contributed by atoms with E-state index < -0.39 is 231 Å². The van der Waals surface area contributed by atoms with Gasteiger partial charge in [-0.2, -0.15) is 0 Å². The SMILES string of the molecule is CC(O)[C@H](NC(=O)[C@@H]1CSSCC(NC(=O)C(Cc2ccccc2)[NH2+]CC2(O)OCC(O)[C@@H](O[C@@H]3OC(CO)[C@@H](O[C@@H]4OC(CO)[C@@H](O)[C@H](O)C4O)[C@H](O)C3O)C2O)C(=O)N[C@@H](Cc2ccc(O)c([123I])c2)C(=O)N[C@H](Cc2c[nH]c3ccccc23)C(=O)N[C@@H](CCCC[NH3+])C(=O)N[C@@H](C(C)O)C(=O)N1)C(=O)O. The van der Waals surface area contributed by atoms with Crippen LogP contribution in [-0.4, -0.2) is 314 Å². The van der Waals surface area contributed by atoms with Crippen LogP contribution < -0.4 is 48.3 Å². The van der Waals surface area contributed by atoms with Crippen molar-refractivity contribution < 1.29 is 145 Å². The van der Waals surface area contributed by atoms with Gasteiger partial charge in [0.1, 0.15) is 116 Å². The Bertz CT molecular complexity index is 3650. The van der Waals surface area contributed by atoms with E-state index in [0.29, 0.717) is 44.1 Å². The molecule has 8 rings (SSSR count). The number of aliphatic carboxylic acids is 1. The van der Waals surface area contributed by atoms with Crippen LogP contribution in [0.2, 0.25) is 0 Å². The molecular formula is C67H95IN10O27S2+2. The van der Waals surface area contributed by atoms with Crippen LogP contribution in [-0.2, 0) is 81.3 Å². The van der Waals surface area contributed by atoms with Gasteiger partial charge in [0, 0.05) is 47.9 Å². The van der Waals surface area contributed by atoms with Gasteiger partial charge in [0.15, 0.2) is 24.7 Å². The van der Waals surface area contributed by atoms with E-state index in [1.807, 2.05) is 22.6 Å². The Hall–Kier alpha value is -6.57. The lowest BCUT2D eigenvalue weighted by Crippen LogP contribution is -2.97. The lowest BCUT2D eigenvalue weighted by atomic mass is 9.94. The molecule has 27 N–H and O–H groups in total. The van der Waals surface area contributed by atoms with Crippen LogP contribution in [0, 0.1) is 3.57 Å². The number of aliphatic hydroxyl groups excluding tert-OH is 11. The average Bonchev–Trinajstić information content (AvgIpc) is 1.34. The zero-order valence-corrected chi connectivity index (χ0v) is 61.8. The lowest BCUT2D eigenvalue weighted by molar-refractivity contribution is -0.700. The molecule has 4 saturated heterocycles. The summed E-state index contributed by atoms with van der Waals surface area (Å²) in [7, 11) is 1.60. The first-order chi connectivity index (χ1) is 50.9. The number of hydrogen-bond acceptors (Lipinski definition) is 28. The largest absolute Gasteiger partial charge is 0.507 e. The van der Waals surface area contributed by atoms with Crippen LogP contribution >= 0.6 is 44.2 Å². The second-order valence-electron chi connectivity index (χ2n) is 26.6. The zero-order chi connectivity index (χ0) is 78.1. The number of H-pyrrole nitrogens is 1. The molecule has 37 nitrogen and oxygen atoms in total. The number of carboxylic acid groups (broad SMARTS) is 1. The number of quaternary nitrogens is 2. The first kappa shape index (κ1) is 86.0. The number of hydrogen-bond donors (Lipinski definition) is 24. The number of carbonyl (C=O) groups is 8. The summed E-state index contributed by atoms with van der Waals surface area (Å²) in [4.78, 5) is 119. The molecule has 11 unspecified atom stereocenters. The third kappa shape index (κ3) is 22.6. The highest BCUT2D eigenvalue weighted by Crippen LogP contribution is 2.34. The Balaban J connectivity index is 1.12. The molecule has 24 atom stereocenters. The predicted molar refractivity (Wildman–Crippen MR) is 382 cm³/mol. The number of aromatic amines is 1. The predicted octanol–water partition coefficient (Wildman–Crippen LogP) is -9.07. The number of aliphatic hydroxyl groups is 12. The van der Waals surface area contributed by atoms with Gasteiger partial charge in [-0.25, -0.2) is 4.79 Å². The molecule has 0 radical (unpaired) electrons. The number of benzene rings is 3. The van der Waals surface area contributed by atoms with Crippen LogP contribution in [0.25, 0.3) is 10.9 Å². The molecule has 7 amide bonds. The number of carboxylic acids is 1. The van der Waals surface area contributed by atoms with Crippen LogP contribution in [0.5, 0.6) is 5.75 Å². The number of fused-ring (bicyclic) bond motifs is 1. The Morgan fingerprint density at radius 3 is 1.99 bits per heavy atom. The van der Waals surface area contributed by atoms with Gasteiger partial charge < -0.3 is 148 Å². The molecule has 0 spiro atoms. The number of amides is 7. The van der Waals surface area contributed by atoms with Crippen molar-refractivity contribution in [2.24, 2.45) is 0 Å². The molecule has 4 aromatic rings. The van der Waals surface area contributed by atoms with Gasteiger partial charge >= 0.3 is 5.97 Å². The fourth-order valence-electron chi connectivity index (χ4n) is 12.4. The van der Waals surface area contributed by atoms with E-state index >= 15 is 19.2 Å². The lowest BCUT2D eigenvalue weighted by Gasteiger charge is -2.48. The Morgan fingerprint density at radius 2 is 1.34 bits per heavy atom. The summed E-state index contributed by atoms with van der Waals surface area (Å²) >= 11 is 1.86. The molecule has 1 aromatic heterocycles. The molecule has 0 saturated carbocycles. The second-order valence-corrected chi connectivity index (χ2v) is 30.3. The minimum absolute atomic E-state index is 0.0706. The number of ether oxygens (including phenoxy) is 5. The van der Waals surface area contributed by atoms with Gasteiger partial charge in [-0.3, -0.25) is 33.6 Å². The molecule has 4 aliphatic rings. The van der Waals surface area contributed by atoms with Gasteiger partial charge in [0.05, 0.1) is 42.1 Å². The van der Waals surface area contributed by atoms with Crippen molar-refractivity contribution in [1.82, 2.24) is 42.2 Å². The molecule has 5 heterocycles. The van der Waals surface area contributed by atoms with Gasteiger partial charge in [0.2, 0.25) is 41.2 Å².